The molecular weight excluding hydrogens is 430 g/mol. The number of nitrogens with one attached hydrogen (secondary N) is 1. The SMILES string of the molecule is Cc1csc(NC(=O)[C@@H](C)Sc2nnc(COc3ccc4ccccc4c3C)n2C)n1. The highest BCUT2D eigenvalue weighted by atomic mass is 32.2. The van der Waals surface area contributed by atoms with Gasteiger partial charge in [0.15, 0.2) is 16.1 Å². The molecule has 31 heavy (non-hydrogen) atoms. The van der Waals surface area contributed by atoms with Gasteiger partial charge in [0.1, 0.15) is 12.4 Å². The number of rotatable bonds is 7. The molecule has 0 aliphatic carbocycles. The van der Waals surface area contributed by atoms with Crippen LogP contribution >= 0.6 is 23.1 Å². The topological polar surface area (TPSA) is 81.9 Å². The van der Waals surface area contributed by atoms with Crippen LogP contribution in [0.4, 0.5) is 5.13 Å². The van der Waals surface area contributed by atoms with Gasteiger partial charge < -0.3 is 14.6 Å². The lowest BCUT2D eigenvalue weighted by molar-refractivity contribution is -0.115. The maximum atomic E-state index is 12.5. The smallest absolute Gasteiger partial charge is 0.239 e. The summed E-state index contributed by atoms with van der Waals surface area (Å²) in [5.74, 6) is 1.40. The van der Waals surface area contributed by atoms with E-state index in [-0.39, 0.29) is 11.2 Å². The number of carbonyl (C=O) groups is 1. The molecule has 160 valence electrons. The van der Waals surface area contributed by atoms with E-state index in [1.165, 1.54) is 33.9 Å². The molecule has 2 aromatic heterocycles. The summed E-state index contributed by atoms with van der Waals surface area (Å²) >= 11 is 2.76. The molecule has 1 atom stereocenters. The standard InChI is InChI=1S/C22H23N5O2S2/c1-13-12-30-21(23-13)24-20(28)15(3)31-22-26-25-19(27(22)4)11-29-18-10-9-16-7-5-6-8-17(16)14(18)2/h5-10,12,15H,11H2,1-4H3,(H,23,24,28)/t15-/m1/s1. The van der Waals surface area contributed by atoms with Gasteiger partial charge in [-0.25, -0.2) is 4.98 Å². The van der Waals surface area contributed by atoms with Crippen molar-refractivity contribution in [3.05, 3.63) is 58.9 Å². The summed E-state index contributed by atoms with van der Waals surface area (Å²) in [4.78, 5) is 16.7. The predicted octanol–water partition coefficient (Wildman–Crippen LogP) is 4.74. The molecule has 0 spiro atoms. The van der Waals surface area contributed by atoms with Gasteiger partial charge in [-0.3, -0.25) is 4.79 Å². The number of ether oxygens (including phenoxy) is 1. The number of hydrogen-bond donors (Lipinski definition) is 1. The van der Waals surface area contributed by atoms with Gasteiger partial charge in [-0.2, -0.15) is 0 Å². The lowest BCUT2D eigenvalue weighted by atomic mass is 10.0. The van der Waals surface area contributed by atoms with E-state index in [0.717, 1.165) is 17.0 Å². The zero-order valence-electron chi connectivity index (χ0n) is 17.7. The maximum Gasteiger partial charge on any atom is 0.239 e. The molecule has 0 unspecified atom stereocenters. The van der Waals surface area contributed by atoms with Crippen LogP contribution in [0.15, 0.2) is 46.9 Å². The van der Waals surface area contributed by atoms with E-state index in [2.05, 4.69) is 45.6 Å². The quantitative estimate of drug-likeness (QED) is 0.407. The molecule has 0 aliphatic rings. The molecule has 4 aromatic rings. The van der Waals surface area contributed by atoms with E-state index in [1.807, 2.05) is 49.0 Å². The molecule has 0 bridgehead atoms. The normalized spacial score (nSPS) is 12.1. The Hall–Kier alpha value is -2.91. The number of aromatic nitrogens is 4. The van der Waals surface area contributed by atoms with Crippen LogP contribution in [0.25, 0.3) is 10.8 Å². The van der Waals surface area contributed by atoms with Crippen LogP contribution in [0, 0.1) is 13.8 Å². The average molecular weight is 454 g/mol. The van der Waals surface area contributed by atoms with Gasteiger partial charge in [0.05, 0.1) is 10.9 Å². The summed E-state index contributed by atoms with van der Waals surface area (Å²) in [6.07, 6.45) is 0. The van der Waals surface area contributed by atoms with Crippen LogP contribution in [0.3, 0.4) is 0 Å². The fraction of sp³-hybridized carbons (Fsp3) is 0.273. The highest BCUT2D eigenvalue weighted by molar-refractivity contribution is 8.00. The van der Waals surface area contributed by atoms with E-state index in [9.17, 15) is 4.79 Å². The third kappa shape index (κ3) is 4.72. The molecule has 2 heterocycles. The number of benzene rings is 2. The molecule has 2 aromatic carbocycles. The number of fused-ring (bicyclic) bond motifs is 1. The Balaban J connectivity index is 1.40. The van der Waals surface area contributed by atoms with Crippen LogP contribution < -0.4 is 10.1 Å². The number of thioether (sulfide) groups is 1. The van der Waals surface area contributed by atoms with Gasteiger partial charge in [0.25, 0.3) is 0 Å². The van der Waals surface area contributed by atoms with Crippen molar-refractivity contribution in [2.24, 2.45) is 7.05 Å². The second kappa shape index (κ2) is 9.07. The van der Waals surface area contributed by atoms with Gasteiger partial charge in [0.2, 0.25) is 5.91 Å². The fourth-order valence-electron chi connectivity index (χ4n) is 3.11. The third-order valence-electron chi connectivity index (χ3n) is 4.93. The monoisotopic (exact) mass is 453 g/mol. The first-order valence-electron chi connectivity index (χ1n) is 9.81. The van der Waals surface area contributed by atoms with Gasteiger partial charge in [-0.1, -0.05) is 42.1 Å². The van der Waals surface area contributed by atoms with Gasteiger partial charge in [0, 0.05) is 12.4 Å². The van der Waals surface area contributed by atoms with E-state index in [1.54, 1.807) is 0 Å². The molecule has 0 saturated carbocycles. The first kappa shape index (κ1) is 21.3. The van der Waals surface area contributed by atoms with Crippen molar-refractivity contribution in [3.63, 3.8) is 0 Å². The van der Waals surface area contributed by atoms with Crippen LogP contribution in [-0.2, 0) is 18.4 Å². The van der Waals surface area contributed by atoms with Crippen molar-refractivity contribution in [2.75, 3.05) is 5.32 Å². The number of anilines is 1. The third-order valence-corrected chi connectivity index (χ3v) is 6.94. The molecule has 0 aliphatic heterocycles. The minimum Gasteiger partial charge on any atom is -0.485 e. The zero-order valence-corrected chi connectivity index (χ0v) is 19.4. The number of hydrogen-bond acceptors (Lipinski definition) is 7. The molecular formula is C22H23N5O2S2. The number of nitrogens with zero attached hydrogens (tertiary/aromatic N) is 4. The minimum absolute atomic E-state index is 0.119. The second-order valence-electron chi connectivity index (χ2n) is 7.20. The van der Waals surface area contributed by atoms with Crippen LogP contribution in [-0.4, -0.2) is 30.9 Å². The van der Waals surface area contributed by atoms with Crippen LogP contribution in [0.1, 0.15) is 24.0 Å². The van der Waals surface area contributed by atoms with Gasteiger partial charge >= 0.3 is 0 Å². The Kier molecular flexibility index (Phi) is 6.24. The van der Waals surface area contributed by atoms with E-state index in [0.29, 0.717) is 22.7 Å². The Morgan fingerprint density at radius 1 is 1.23 bits per heavy atom. The Morgan fingerprint density at radius 3 is 2.81 bits per heavy atom. The summed E-state index contributed by atoms with van der Waals surface area (Å²) in [6.45, 7) is 6.08. The molecule has 7 nitrogen and oxygen atoms in total. The van der Waals surface area contributed by atoms with Gasteiger partial charge in [-0.15, -0.1) is 21.5 Å². The summed E-state index contributed by atoms with van der Waals surface area (Å²) in [7, 11) is 1.88. The van der Waals surface area contributed by atoms with Gasteiger partial charge in [-0.05, 0) is 43.2 Å². The summed E-state index contributed by atoms with van der Waals surface area (Å²) in [5.41, 5.74) is 1.98. The molecule has 1 N–H and O–H groups in total. The highest BCUT2D eigenvalue weighted by Gasteiger charge is 2.20. The minimum atomic E-state index is -0.344. The second-order valence-corrected chi connectivity index (χ2v) is 9.37. The Morgan fingerprint density at radius 2 is 2.03 bits per heavy atom. The van der Waals surface area contributed by atoms with Crippen LogP contribution in [0.2, 0.25) is 0 Å². The van der Waals surface area contributed by atoms with Crippen molar-refractivity contribution in [2.45, 2.75) is 37.8 Å². The summed E-state index contributed by atoms with van der Waals surface area (Å²) in [5, 5.41) is 16.5. The zero-order chi connectivity index (χ0) is 22.0. The lowest BCUT2D eigenvalue weighted by Crippen LogP contribution is -2.22. The molecule has 9 heteroatoms. The van der Waals surface area contributed by atoms with Crippen molar-refractivity contribution < 1.29 is 9.53 Å². The molecule has 4 rings (SSSR count). The molecule has 1 amide bonds. The van der Waals surface area contributed by atoms with Crippen molar-refractivity contribution in [1.82, 2.24) is 19.7 Å². The summed E-state index contributed by atoms with van der Waals surface area (Å²) in [6, 6.07) is 12.3. The van der Waals surface area contributed by atoms with Crippen molar-refractivity contribution in [1.29, 1.82) is 0 Å². The number of aryl methyl sites for hydroxylation is 2. The van der Waals surface area contributed by atoms with E-state index in [4.69, 9.17) is 4.74 Å². The van der Waals surface area contributed by atoms with E-state index >= 15 is 0 Å². The highest BCUT2D eigenvalue weighted by Crippen LogP contribution is 2.28. The molecule has 0 fully saturated rings. The largest absolute Gasteiger partial charge is 0.485 e. The fourth-order valence-corrected chi connectivity index (χ4v) is 4.63. The molecule has 0 radical (unpaired) electrons. The van der Waals surface area contributed by atoms with Crippen molar-refractivity contribution in [3.8, 4) is 5.75 Å². The first-order chi connectivity index (χ1) is 14.9. The predicted molar refractivity (Wildman–Crippen MR) is 125 cm³/mol. The molecule has 0 saturated heterocycles. The maximum absolute atomic E-state index is 12.5. The van der Waals surface area contributed by atoms with E-state index < -0.39 is 0 Å². The average Bonchev–Trinajstić information content (AvgIpc) is 3.33. The van der Waals surface area contributed by atoms with Crippen LogP contribution in [0.5, 0.6) is 5.75 Å². The van der Waals surface area contributed by atoms with Crippen molar-refractivity contribution >= 4 is 44.9 Å². The summed E-state index contributed by atoms with van der Waals surface area (Å²) < 4.78 is 7.90. The number of amides is 1. The number of thiazole rings is 1. The lowest BCUT2D eigenvalue weighted by Gasteiger charge is -2.12. The first-order valence-corrected chi connectivity index (χ1v) is 11.6. The Labute approximate surface area is 188 Å². The Bertz CT molecular complexity index is 1230. The number of carbonyl (C=O) groups excluding carboxylic acids is 1.